The highest BCUT2D eigenvalue weighted by atomic mass is 32.2. The van der Waals surface area contributed by atoms with Crippen LogP contribution >= 0.6 is 11.8 Å². The van der Waals surface area contributed by atoms with Crippen LogP contribution in [0.25, 0.3) is 5.95 Å². The summed E-state index contributed by atoms with van der Waals surface area (Å²) >= 11 is 1.20. The van der Waals surface area contributed by atoms with Crippen molar-refractivity contribution in [3.63, 3.8) is 0 Å². The molecule has 0 fully saturated rings. The van der Waals surface area contributed by atoms with Gasteiger partial charge in [0.05, 0.1) is 23.8 Å². The number of carbonyl (C=O) groups excluding carboxylic acids is 1. The van der Waals surface area contributed by atoms with Crippen molar-refractivity contribution < 1.29 is 9.21 Å². The highest BCUT2D eigenvalue weighted by molar-refractivity contribution is 7.99. The molecule has 9 nitrogen and oxygen atoms in total. The van der Waals surface area contributed by atoms with E-state index in [1.165, 1.54) is 16.4 Å². The fourth-order valence-electron chi connectivity index (χ4n) is 2.37. The Morgan fingerprint density at radius 2 is 2.24 bits per heavy atom. The van der Waals surface area contributed by atoms with Crippen molar-refractivity contribution in [2.24, 2.45) is 0 Å². The number of nitrogen functional groups attached to an aromatic ring is 1. The molecule has 132 valence electrons. The maximum atomic E-state index is 12.1. The quantitative estimate of drug-likeness (QED) is 0.503. The van der Waals surface area contributed by atoms with Crippen LogP contribution in [0.2, 0.25) is 0 Å². The number of hydrogen-bond donors (Lipinski definition) is 2. The van der Waals surface area contributed by atoms with E-state index < -0.39 is 0 Å². The van der Waals surface area contributed by atoms with E-state index in [0.29, 0.717) is 16.9 Å². The number of nitrogens with one attached hydrogen (secondary N) is 1. The molecule has 0 saturated carbocycles. The Bertz CT molecular complexity index is 869. The average Bonchev–Trinajstić information content (AvgIpc) is 3.27. The summed E-state index contributed by atoms with van der Waals surface area (Å²) in [6.07, 6.45) is 1.57. The smallest absolute Gasteiger partial charge is 0.271 e. The van der Waals surface area contributed by atoms with E-state index in [0.717, 1.165) is 11.4 Å². The third-order valence-corrected chi connectivity index (χ3v) is 4.47. The van der Waals surface area contributed by atoms with Crippen LogP contribution in [-0.4, -0.2) is 36.3 Å². The van der Waals surface area contributed by atoms with Gasteiger partial charge in [0.25, 0.3) is 5.95 Å². The summed E-state index contributed by atoms with van der Waals surface area (Å²) in [6, 6.07) is 5.31. The predicted octanol–water partition coefficient (Wildman–Crippen LogP) is 1.36. The van der Waals surface area contributed by atoms with E-state index in [-0.39, 0.29) is 17.7 Å². The Labute approximate surface area is 148 Å². The molecule has 3 rings (SSSR count). The SMILES string of the molecule is Cc1cc(C)n(-c2nnc(SCC(=O)N[C@H](C)c3ccco3)n2N)n1. The first-order valence-electron chi connectivity index (χ1n) is 7.65. The lowest BCUT2D eigenvalue weighted by Crippen LogP contribution is -2.28. The third kappa shape index (κ3) is 3.68. The number of nitrogens with zero attached hydrogens (tertiary/aromatic N) is 5. The van der Waals surface area contributed by atoms with Crippen molar-refractivity contribution >= 4 is 17.7 Å². The summed E-state index contributed by atoms with van der Waals surface area (Å²) in [4.78, 5) is 12.1. The highest BCUT2D eigenvalue weighted by Crippen LogP contribution is 2.18. The largest absolute Gasteiger partial charge is 0.467 e. The molecule has 0 aliphatic rings. The van der Waals surface area contributed by atoms with E-state index >= 15 is 0 Å². The highest BCUT2D eigenvalue weighted by Gasteiger charge is 2.17. The molecule has 25 heavy (non-hydrogen) atoms. The van der Waals surface area contributed by atoms with Gasteiger partial charge in [0.1, 0.15) is 5.76 Å². The topological polar surface area (TPSA) is 117 Å². The molecule has 10 heteroatoms. The molecule has 1 amide bonds. The number of carbonyl (C=O) groups is 1. The minimum absolute atomic E-state index is 0.149. The van der Waals surface area contributed by atoms with Gasteiger partial charge in [0, 0.05) is 5.69 Å². The van der Waals surface area contributed by atoms with E-state index in [4.69, 9.17) is 10.3 Å². The molecule has 3 N–H and O–H groups in total. The molecule has 3 aromatic heterocycles. The number of furan rings is 1. The van der Waals surface area contributed by atoms with Crippen molar-refractivity contribution in [3.05, 3.63) is 41.6 Å². The lowest BCUT2D eigenvalue weighted by molar-refractivity contribution is -0.119. The van der Waals surface area contributed by atoms with Crippen LogP contribution in [0.15, 0.2) is 34.0 Å². The van der Waals surface area contributed by atoms with Gasteiger partial charge < -0.3 is 15.6 Å². The monoisotopic (exact) mass is 361 g/mol. The standard InChI is InChI=1S/C15H19N7O2S/c1-9-7-10(2)22(20-9)14-18-19-15(21(14)16)25-8-13(23)17-11(3)12-5-4-6-24-12/h4-7,11H,8,16H2,1-3H3,(H,17,23)/t11-/m1/s1. The molecule has 0 aromatic carbocycles. The van der Waals surface area contributed by atoms with Gasteiger partial charge >= 0.3 is 0 Å². The minimum Gasteiger partial charge on any atom is -0.467 e. The molecule has 0 saturated heterocycles. The Morgan fingerprint density at radius 3 is 2.88 bits per heavy atom. The van der Waals surface area contributed by atoms with Gasteiger partial charge in [-0.2, -0.15) is 5.10 Å². The summed E-state index contributed by atoms with van der Waals surface area (Å²) in [5.41, 5.74) is 1.76. The van der Waals surface area contributed by atoms with Gasteiger partial charge in [-0.25, -0.2) is 9.36 Å². The average molecular weight is 361 g/mol. The Balaban J connectivity index is 1.62. The van der Waals surface area contributed by atoms with Crippen LogP contribution in [-0.2, 0) is 4.79 Å². The number of nitrogens with two attached hydrogens (primary N) is 1. The molecule has 0 spiro atoms. The third-order valence-electron chi connectivity index (χ3n) is 3.53. The van der Waals surface area contributed by atoms with Gasteiger partial charge in [-0.3, -0.25) is 4.79 Å². The van der Waals surface area contributed by atoms with E-state index in [9.17, 15) is 4.79 Å². The summed E-state index contributed by atoms with van der Waals surface area (Å²) in [7, 11) is 0. The summed E-state index contributed by atoms with van der Waals surface area (Å²) in [5, 5.41) is 15.7. The predicted molar refractivity (Wildman–Crippen MR) is 92.8 cm³/mol. The fourth-order valence-corrected chi connectivity index (χ4v) is 3.03. The second-order valence-electron chi connectivity index (χ2n) is 5.58. The van der Waals surface area contributed by atoms with Gasteiger partial charge in [0.2, 0.25) is 11.1 Å². The molecule has 3 aromatic rings. The Morgan fingerprint density at radius 1 is 1.44 bits per heavy atom. The molecular formula is C15H19N7O2S. The van der Waals surface area contributed by atoms with Gasteiger partial charge in [-0.15, -0.1) is 10.2 Å². The van der Waals surface area contributed by atoms with Crippen molar-refractivity contribution in [2.75, 3.05) is 11.6 Å². The summed E-state index contributed by atoms with van der Waals surface area (Å²) < 4.78 is 8.21. The van der Waals surface area contributed by atoms with E-state index in [1.807, 2.05) is 32.9 Å². The minimum atomic E-state index is -0.205. The normalized spacial score (nSPS) is 12.3. The van der Waals surface area contributed by atoms with Gasteiger partial charge in [-0.05, 0) is 39.0 Å². The van der Waals surface area contributed by atoms with Crippen molar-refractivity contribution in [2.45, 2.75) is 32.0 Å². The first kappa shape index (κ1) is 17.1. The van der Waals surface area contributed by atoms with Crippen molar-refractivity contribution in [1.82, 2.24) is 30.0 Å². The second kappa shape index (κ2) is 7.01. The van der Waals surface area contributed by atoms with Crippen molar-refractivity contribution in [1.29, 1.82) is 0 Å². The molecule has 0 radical (unpaired) electrons. The Hall–Kier alpha value is -2.75. The van der Waals surface area contributed by atoms with Crippen LogP contribution in [0.1, 0.15) is 30.1 Å². The van der Waals surface area contributed by atoms with Gasteiger partial charge in [0.15, 0.2) is 0 Å². The molecule has 1 atom stereocenters. The van der Waals surface area contributed by atoms with Gasteiger partial charge in [-0.1, -0.05) is 11.8 Å². The Kier molecular flexibility index (Phi) is 4.79. The molecule has 0 aliphatic heterocycles. The zero-order chi connectivity index (χ0) is 18.0. The zero-order valence-electron chi connectivity index (χ0n) is 14.1. The van der Waals surface area contributed by atoms with Crippen LogP contribution < -0.4 is 11.2 Å². The maximum Gasteiger partial charge on any atom is 0.271 e. The first-order chi connectivity index (χ1) is 12.0. The van der Waals surface area contributed by atoms with Crippen LogP contribution in [0.3, 0.4) is 0 Å². The molecule has 0 aliphatic carbocycles. The lowest BCUT2D eigenvalue weighted by Gasteiger charge is -2.11. The number of thioether (sulfide) groups is 1. The van der Waals surface area contributed by atoms with Crippen LogP contribution in [0.5, 0.6) is 0 Å². The molecular weight excluding hydrogens is 342 g/mol. The number of hydrogen-bond acceptors (Lipinski definition) is 7. The number of aromatic nitrogens is 5. The van der Waals surface area contributed by atoms with E-state index in [2.05, 4.69) is 20.6 Å². The fraction of sp³-hybridized carbons (Fsp3) is 0.333. The lowest BCUT2D eigenvalue weighted by atomic mass is 10.2. The molecule has 3 heterocycles. The summed E-state index contributed by atoms with van der Waals surface area (Å²) in [6.45, 7) is 5.65. The zero-order valence-corrected chi connectivity index (χ0v) is 14.9. The summed E-state index contributed by atoms with van der Waals surface area (Å²) in [5.74, 6) is 7.16. The number of aryl methyl sites for hydroxylation is 2. The van der Waals surface area contributed by atoms with Crippen LogP contribution in [0.4, 0.5) is 0 Å². The first-order valence-corrected chi connectivity index (χ1v) is 8.64. The molecule has 0 bridgehead atoms. The maximum absolute atomic E-state index is 12.1. The number of amides is 1. The molecule has 0 unspecified atom stereocenters. The van der Waals surface area contributed by atoms with E-state index in [1.54, 1.807) is 17.0 Å². The second-order valence-corrected chi connectivity index (χ2v) is 6.53. The number of rotatable bonds is 6. The van der Waals surface area contributed by atoms with Crippen LogP contribution in [0, 0.1) is 13.8 Å². The van der Waals surface area contributed by atoms with Crippen molar-refractivity contribution in [3.8, 4) is 5.95 Å².